The molecule has 0 aromatic heterocycles. The van der Waals surface area contributed by atoms with Crippen molar-refractivity contribution in [3.05, 3.63) is 10.6 Å². The zero-order chi connectivity index (χ0) is 17.4. The summed E-state index contributed by atoms with van der Waals surface area (Å²) < 4.78 is 0. The summed E-state index contributed by atoms with van der Waals surface area (Å²) in [4.78, 5) is 0. The number of nitrogens with zero attached hydrogens (tertiary/aromatic N) is 2. The molecular formula is C20H44CaN2. The van der Waals surface area contributed by atoms with Gasteiger partial charge < -0.3 is 10.6 Å². The van der Waals surface area contributed by atoms with Gasteiger partial charge in [-0.2, -0.15) is 0 Å². The Hall–Kier alpha value is 1.18. The summed E-state index contributed by atoms with van der Waals surface area (Å²) in [6, 6.07) is 2.44. The number of hydrogen-bond donors (Lipinski definition) is 0. The summed E-state index contributed by atoms with van der Waals surface area (Å²) in [6.45, 7) is 17.8. The van der Waals surface area contributed by atoms with Gasteiger partial charge in [0.1, 0.15) is 0 Å². The van der Waals surface area contributed by atoms with Crippen LogP contribution in [0.1, 0.15) is 107 Å². The molecule has 0 saturated heterocycles. The van der Waals surface area contributed by atoms with Crippen molar-refractivity contribution in [2.75, 3.05) is 0 Å². The molecule has 0 heterocycles. The normalized spacial score (nSPS) is 11.0. The Morgan fingerprint density at radius 3 is 0.609 bits per heavy atom. The van der Waals surface area contributed by atoms with E-state index in [9.17, 15) is 0 Å². The van der Waals surface area contributed by atoms with Gasteiger partial charge in [0, 0.05) is 0 Å². The van der Waals surface area contributed by atoms with Gasteiger partial charge in [0.2, 0.25) is 0 Å². The van der Waals surface area contributed by atoms with Crippen molar-refractivity contribution in [3.63, 3.8) is 0 Å². The molecule has 2 nitrogen and oxygen atoms in total. The maximum Gasteiger partial charge on any atom is 2.00 e. The molecule has 0 bridgehead atoms. The Labute approximate surface area is 178 Å². The first-order valence-corrected chi connectivity index (χ1v) is 9.96. The van der Waals surface area contributed by atoms with Crippen molar-refractivity contribution >= 4 is 37.7 Å². The van der Waals surface area contributed by atoms with Crippen molar-refractivity contribution in [3.8, 4) is 0 Å². The van der Waals surface area contributed by atoms with Crippen LogP contribution in [-0.4, -0.2) is 61.9 Å². The van der Waals surface area contributed by atoms with Crippen LogP contribution in [-0.2, 0) is 0 Å². The van der Waals surface area contributed by atoms with Crippen LogP contribution >= 0.6 is 0 Å². The zero-order valence-corrected chi connectivity index (χ0v) is 19.8. The maximum absolute atomic E-state index is 4.75. The molecule has 3 heteroatoms. The van der Waals surface area contributed by atoms with Gasteiger partial charge in [-0.15, -0.1) is 24.2 Å². The fourth-order valence-corrected chi connectivity index (χ4v) is 2.59. The molecule has 0 rings (SSSR count). The monoisotopic (exact) mass is 352 g/mol. The maximum atomic E-state index is 4.75. The average Bonchev–Trinajstić information content (AvgIpc) is 2.58. The van der Waals surface area contributed by atoms with E-state index in [1.807, 2.05) is 0 Å². The van der Waals surface area contributed by atoms with E-state index in [0.717, 1.165) is 0 Å². The minimum Gasteiger partial charge on any atom is -0.657 e. The van der Waals surface area contributed by atoms with Crippen molar-refractivity contribution in [2.45, 2.75) is 131 Å². The second-order valence-electron chi connectivity index (χ2n) is 6.18. The fourth-order valence-electron chi connectivity index (χ4n) is 2.59. The van der Waals surface area contributed by atoms with E-state index in [4.69, 9.17) is 10.6 Å². The molecule has 0 aromatic carbocycles. The van der Waals surface area contributed by atoms with Gasteiger partial charge >= 0.3 is 37.7 Å². The smallest absolute Gasteiger partial charge is 0.657 e. The third-order valence-corrected chi connectivity index (χ3v) is 4.61. The summed E-state index contributed by atoms with van der Waals surface area (Å²) in [6.07, 6.45) is 9.61. The Bertz CT molecular complexity index is 154. The summed E-state index contributed by atoms with van der Waals surface area (Å²) in [7, 11) is 0. The first kappa shape index (κ1) is 29.0. The van der Waals surface area contributed by atoms with Crippen molar-refractivity contribution in [1.29, 1.82) is 0 Å². The van der Waals surface area contributed by atoms with Gasteiger partial charge in [0.25, 0.3) is 0 Å². The molecular weight excluding hydrogens is 308 g/mol. The summed E-state index contributed by atoms with van der Waals surface area (Å²) in [5.74, 6) is 0. The molecule has 0 amide bonds. The van der Waals surface area contributed by atoms with Crippen LogP contribution in [0.3, 0.4) is 0 Å². The molecule has 0 aromatic rings. The van der Waals surface area contributed by atoms with Crippen LogP contribution in [0, 0.1) is 0 Å². The quantitative estimate of drug-likeness (QED) is 0.335. The minimum atomic E-state index is 0. The first-order chi connectivity index (χ1) is 10.6. The third kappa shape index (κ3) is 16.4. The molecule has 0 saturated carbocycles. The van der Waals surface area contributed by atoms with E-state index in [2.05, 4.69) is 55.4 Å². The summed E-state index contributed by atoms with van der Waals surface area (Å²) >= 11 is 0. The number of rotatable bonds is 12. The molecule has 0 aliphatic heterocycles. The van der Waals surface area contributed by atoms with E-state index >= 15 is 0 Å². The molecule has 0 unspecified atom stereocenters. The van der Waals surface area contributed by atoms with E-state index in [-0.39, 0.29) is 37.7 Å². The summed E-state index contributed by atoms with van der Waals surface area (Å²) in [5, 5.41) is 9.50. The Morgan fingerprint density at radius 2 is 0.522 bits per heavy atom. The SMILES string of the molecule is CCC(CC)[N-]C(CC)CC.CCC(CC)[N-]C(CC)CC.[Ca+2]. The predicted molar refractivity (Wildman–Crippen MR) is 110 cm³/mol. The van der Waals surface area contributed by atoms with Crippen molar-refractivity contribution in [1.82, 2.24) is 0 Å². The predicted octanol–water partition coefficient (Wildman–Crippen LogP) is 7.09. The minimum absolute atomic E-state index is 0. The van der Waals surface area contributed by atoms with Crippen LogP contribution in [0.25, 0.3) is 10.6 Å². The second kappa shape index (κ2) is 21.2. The Balaban J connectivity index is -0.000000333. The fraction of sp³-hybridized carbons (Fsp3) is 1.00. The van der Waals surface area contributed by atoms with Gasteiger partial charge in [0.15, 0.2) is 0 Å². The van der Waals surface area contributed by atoms with E-state index in [1.54, 1.807) is 0 Å². The Kier molecular flexibility index (Phi) is 26.7. The number of hydrogen-bond acceptors (Lipinski definition) is 0. The van der Waals surface area contributed by atoms with E-state index in [0.29, 0.717) is 24.2 Å². The molecule has 0 N–H and O–H groups in total. The third-order valence-electron chi connectivity index (χ3n) is 4.61. The van der Waals surface area contributed by atoms with Crippen LogP contribution in [0.4, 0.5) is 0 Å². The molecule has 136 valence electrons. The van der Waals surface area contributed by atoms with Crippen LogP contribution < -0.4 is 0 Å². The summed E-state index contributed by atoms with van der Waals surface area (Å²) in [5.41, 5.74) is 0. The van der Waals surface area contributed by atoms with Gasteiger partial charge in [-0.05, 0) is 0 Å². The largest absolute Gasteiger partial charge is 2.00 e. The van der Waals surface area contributed by atoms with Crippen LogP contribution in [0.2, 0.25) is 0 Å². The molecule has 0 radical (unpaired) electrons. The molecule has 0 spiro atoms. The van der Waals surface area contributed by atoms with Gasteiger partial charge in [-0.25, -0.2) is 0 Å². The molecule has 23 heavy (non-hydrogen) atoms. The van der Waals surface area contributed by atoms with Crippen LogP contribution in [0.5, 0.6) is 0 Å². The molecule has 0 fully saturated rings. The van der Waals surface area contributed by atoms with E-state index in [1.165, 1.54) is 51.4 Å². The van der Waals surface area contributed by atoms with Gasteiger partial charge in [-0.3, -0.25) is 0 Å². The van der Waals surface area contributed by atoms with Crippen molar-refractivity contribution < 1.29 is 0 Å². The Morgan fingerprint density at radius 1 is 0.391 bits per heavy atom. The van der Waals surface area contributed by atoms with Gasteiger partial charge in [-0.1, -0.05) is 107 Å². The molecule has 0 atom stereocenters. The van der Waals surface area contributed by atoms with Gasteiger partial charge in [0.05, 0.1) is 0 Å². The second-order valence-corrected chi connectivity index (χ2v) is 6.18. The topological polar surface area (TPSA) is 28.2 Å². The molecule has 0 aliphatic rings. The zero-order valence-electron chi connectivity index (χ0n) is 17.6. The first-order valence-electron chi connectivity index (χ1n) is 9.96. The average molecular weight is 353 g/mol. The standard InChI is InChI=1S/2C10H22N.Ca/c2*1-5-9(6-2)11-10(7-3)8-4;/h2*9-10H,5-8H2,1-4H3;/q2*-1;+2. The molecule has 0 aliphatic carbocycles. The van der Waals surface area contributed by atoms with Crippen molar-refractivity contribution in [2.24, 2.45) is 0 Å². The van der Waals surface area contributed by atoms with Crippen LogP contribution in [0.15, 0.2) is 0 Å². The van der Waals surface area contributed by atoms with E-state index < -0.39 is 0 Å².